The molecule has 0 bridgehead atoms. The van der Waals surface area contributed by atoms with Gasteiger partial charge in [0, 0.05) is 28.5 Å². The third-order valence-electron chi connectivity index (χ3n) is 3.14. The number of benzene rings is 1. The summed E-state index contributed by atoms with van der Waals surface area (Å²) in [4.78, 5) is 4.03. The van der Waals surface area contributed by atoms with Gasteiger partial charge in [0.1, 0.15) is 5.69 Å². The zero-order valence-corrected chi connectivity index (χ0v) is 12.4. The van der Waals surface area contributed by atoms with Crippen LogP contribution in [0.3, 0.4) is 0 Å². The van der Waals surface area contributed by atoms with Gasteiger partial charge in [-0.05, 0) is 36.4 Å². The molecule has 1 aromatic carbocycles. The number of hydrogen-bond acceptors (Lipinski definition) is 5. The van der Waals surface area contributed by atoms with E-state index in [1.807, 2.05) is 36.4 Å². The molecule has 3 aromatic rings. The van der Waals surface area contributed by atoms with E-state index >= 15 is 0 Å². The van der Waals surface area contributed by atoms with Crippen LogP contribution in [0.1, 0.15) is 11.4 Å². The maximum absolute atomic E-state index is 9.07. The minimum Gasteiger partial charge on any atom is -0.390 e. The summed E-state index contributed by atoms with van der Waals surface area (Å²) in [6, 6.07) is 12.9. The second kappa shape index (κ2) is 6.60. The summed E-state index contributed by atoms with van der Waals surface area (Å²) in [7, 11) is 0. The van der Waals surface area contributed by atoms with E-state index in [4.69, 9.17) is 21.2 Å². The summed E-state index contributed by atoms with van der Waals surface area (Å²) in [5, 5.41) is 17.0. The topological polar surface area (TPSA) is 71.2 Å². The molecule has 22 heavy (non-hydrogen) atoms. The van der Waals surface area contributed by atoms with Gasteiger partial charge in [-0.2, -0.15) is 0 Å². The molecule has 0 atom stereocenters. The fraction of sp³-hybridized carbons (Fsp3) is 0.125. The minimum atomic E-state index is -0.0831. The molecule has 2 heterocycles. The largest absolute Gasteiger partial charge is 0.390 e. The SMILES string of the molecule is OCc1cc(NCc2cc(-c3ccc(Cl)cc3)on2)ccn1. The van der Waals surface area contributed by atoms with Gasteiger partial charge in [-0.3, -0.25) is 4.98 Å². The Balaban J connectivity index is 1.67. The Hall–Kier alpha value is -2.37. The second-order valence-corrected chi connectivity index (χ2v) is 5.17. The van der Waals surface area contributed by atoms with Crippen molar-refractivity contribution in [1.29, 1.82) is 0 Å². The lowest BCUT2D eigenvalue weighted by Crippen LogP contribution is -2.00. The zero-order chi connectivity index (χ0) is 15.4. The third kappa shape index (κ3) is 3.44. The van der Waals surface area contributed by atoms with Crippen molar-refractivity contribution in [3.63, 3.8) is 0 Å². The van der Waals surface area contributed by atoms with Crippen LogP contribution in [-0.4, -0.2) is 15.2 Å². The molecule has 0 aliphatic heterocycles. The van der Waals surface area contributed by atoms with Crippen LogP contribution in [0.15, 0.2) is 53.2 Å². The highest BCUT2D eigenvalue weighted by molar-refractivity contribution is 6.30. The van der Waals surface area contributed by atoms with Crippen molar-refractivity contribution in [1.82, 2.24) is 10.1 Å². The maximum atomic E-state index is 9.07. The molecule has 112 valence electrons. The molecule has 0 saturated carbocycles. The first-order valence-electron chi connectivity index (χ1n) is 6.76. The third-order valence-corrected chi connectivity index (χ3v) is 3.39. The molecule has 0 saturated heterocycles. The first-order chi connectivity index (χ1) is 10.7. The van der Waals surface area contributed by atoms with Gasteiger partial charge in [0.05, 0.1) is 18.8 Å². The Morgan fingerprint density at radius 1 is 1.09 bits per heavy atom. The van der Waals surface area contributed by atoms with E-state index in [-0.39, 0.29) is 6.61 Å². The Morgan fingerprint density at radius 2 is 1.91 bits per heavy atom. The maximum Gasteiger partial charge on any atom is 0.167 e. The van der Waals surface area contributed by atoms with Gasteiger partial charge in [0.2, 0.25) is 0 Å². The summed E-state index contributed by atoms with van der Waals surface area (Å²) < 4.78 is 5.34. The van der Waals surface area contributed by atoms with Gasteiger partial charge in [-0.25, -0.2) is 0 Å². The molecule has 3 rings (SSSR count). The van der Waals surface area contributed by atoms with Crippen LogP contribution >= 0.6 is 11.6 Å². The van der Waals surface area contributed by atoms with Crippen LogP contribution in [0.5, 0.6) is 0 Å². The van der Waals surface area contributed by atoms with Crippen molar-refractivity contribution < 1.29 is 9.63 Å². The Bertz CT molecular complexity index is 756. The lowest BCUT2D eigenvalue weighted by atomic mass is 10.1. The summed E-state index contributed by atoms with van der Waals surface area (Å²) in [5.74, 6) is 0.694. The number of anilines is 1. The zero-order valence-electron chi connectivity index (χ0n) is 11.7. The van der Waals surface area contributed by atoms with Gasteiger partial charge in [0.25, 0.3) is 0 Å². The number of nitrogens with one attached hydrogen (secondary N) is 1. The lowest BCUT2D eigenvalue weighted by Gasteiger charge is -2.04. The van der Waals surface area contributed by atoms with Crippen LogP contribution in [0.4, 0.5) is 5.69 Å². The Morgan fingerprint density at radius 3 is 2.68 bits per heavy atom. The number of hydrogen-bond donors (Lipinski definition) is 2. The van der Waals surface area contributed by atoms with Gasteiger partial charge in [-0.1, -0.05) is 16.8 Å². The molecule has 6 heteroatoms. The smallest absolute Gasteiger partial charge is 0.167 e. The molecular weight excluding hydrogens is 302 g/mol. The van der Waals surface area contributed by atoms with Crippen molar-refractivity contribution >= 4 is 17.3 Å². The number of nitrogens with zero attached hydrogens (tertiary/aromatic N) is 2. The molecule has 0 spiro atoms. The summed E-state index contributed by atoms with van der Waals surface area (Å²) in [6.45, 7) is 0.437. The highest BCUT2D eigenvalue weighted by Gasteiger charge is 2.07. The average Bonchev–Trinajstić information content (AvgIpc) is 3.03. The van der Waals surface area contributed by atoms with E-state index in [1.54, 1.807) is 12.3 Å². The molecule has 2 aromatic heterocycles. The fourth-order valence-corrected chi connectivity index (χ4v) is 2.14. The number of aromatic nitrogens is 2. The summed E-state index contributed by atoms with van der Waals surface area (Å²) in [6.07, 6.45) is 1.65. The number of aliphatic hydroxyl groups excluding tert-OH is 1. The van der Waals surface area contributed by atoms with Gasteiger partial charge >= 0.3 is 0 Å². The van der Waals surface area contributed by atoms with Crippen LogP contribution < -0.4 is 5.32 Å². The highest BCUT2D eigenvalue weighted by atomic mass is 35.5. The molecule has 0 aliphatic rings. The molecule has 0 aliphatic carbocycles. The molecular formula is C16H14ClN3O2. The summed E-state index contributed by atoms with van der Waals surface area (Å²) in [5.41, 5.74) is 3.20. The van der Waals surface area contributed by atoms with Crippen LogP contribution in [0.2, 0.25) is 5.02 Å². The first-order valence-corrected chi connectivity index (χ1v) is 7.13. The van der Waals surface area contributed by atoms with E-state index < -0.39 is 0 Å². The van der Waals surface area contributed by atoms with Crippen molar-refractivity contribution in [2.24, 2.45) is 0 Å². The molecule has 5 nitrogen and oxygen atoms in total. The Kier molecular flexibility index (Phi) is 4.37. The molecule has 2 N–H and O–H groups in total. The molecule has 0 radical (unpaired) electrons. The number of aliphatic hydroxyl groups is 1. The normalized spacial score (nSPS) is 10.6. The van der Waals surface area contributed by atoms with Crippen molar-refractivity contribution in [2.45, 2.75) is 13.2 Å². The fourth-order valence-electron chi connectivity index (χ4n) is 2.01. The van der Waals surface area contributed by atoms with E-state index in [0.29, 0.717) is 23.0 Å². The standard InChI is InChI=1S/C16H14ClN3O2/c17-12-3-1-11(2-4-12)16-8-14(20-22-16)9-19-13-5-6-18-15(7-13)10-21/h1-8,21H,9-10H2,(H,18,19). The average molecular weight is 316 g/mol. The lowest BCUT2D eigenvalue weighted by molar-refractivity contribution is 0.277. The van der Waals surface area contributed by atoms with Crippen molar-refractivity contribution in [3.8, 4) is 11.3 Å². The van der Waals surface area contributed by atoms with E-state index in [2.05, 4.69) is 15.5 Å². The Labute approximate surface area is 132 Å². The minimum absolute atomic E-state index is 0.0831. The monoisotopic (exact) mass is 315 g/mol. The summed E-state index contributed by atoms with van der Waals surface area (Å²) >= 11 is 5.87. The van der Waals surface area contributed by atoms with Crippen LogP contribution in [-0.2, 0) is 13.2 Å². The van der Waals surface area contributed by atoms with E-state index in [0.717, 1.165) is 16.9 Å². The second-order valence-electron chi connectivity index (χ2n) is 4.74. The predicted molar refractivity (Wildman–Crippen MR) is 84.4 cm³/mol. The number of pyridine rings is 1. The molecule has 0 unspecified atom stereocenters. The number of halogens is 1. The van der Waals surface area contributed by atoms with Crippen molar-refractivity contribution in [3.05, 3.63) is 65.1 Å². The van der Waals surface area contributed by atoms with E-state index in [1.165, 1.54) is 0 Å². The molecule has 0 fully saturated rings. The first kappa shape index (κ1) is 14.6. The molecule has 0 amide bonds. The van der Waals surface area contributed by atoms with Gasteiger partial charge in [-0.15, -0.1) is 0 Å². The quantitative estimate of drug-likeness (QED) is 0.754. The van der Waals surface area contributed by atoms with Crippen LogP contribution in [0, 0.1) is 0 Å². The highest BCUT2D eigenvalue weighted by Crippen LogP contribution is 2.22. The van der Waals surface area contributed by atoms with Gasteiger partial charge in [0.15, 0.2) is 5.76 Å². The number of rotatable bonds is 5. The van der Waals surface area contributed by atoms with Gasteiger partial charge < -0.3 is 14.9 Å². The van der Waals surface area contributed by atoms with Crippen molar-refractivity contribution in [2.75, 3.05) is 5.32 Å². The predicted octanol–water partition coefficient (Wildman–Crippen LogP) is 3.49. The van der Waals surface area contributed by atoms with Crippen LogP contribution in [0.25, 0.3) is 11.3 Å². The van der Waals surface area contributed by atoms with E-state index in [9.17, 15) is 0 Å².